The predicted octanol–water partition coefficient (Wildman–Crippen LogP) is 3.49. The largest absolute Gasteiger partial charge is 0.493 e. The van der Waals surface area contributed by atoms with Crippen LogP contribution in [0.3, 0.4) is 0 Å². The SMILES string of the molecule is COc1cc2c(cc1OC)C(c1ccc3cnccc3c1)NCC2. The Hall–Kier alpha value is -2.59. The van der Waals surface area contributed by atoms with Crippen molar-refractivity contribution in [3.05, 3.63) is 65.5 Å². The number of benzene rings is 2. The first kappa shape index (κ1) is 15.0. The van der Waals surface area contributed by atoms with Crippen molar-refractivity contribution in [3.63, 3.8) is 0 Å². The van der Waals surface area contributed by atoms with Crippen LogP contribution < -0.4 is 14.8 Å². The maximum atomic E-state index is 5.50. The lowest BCUT2D eigenvalue weighted by atomic mass is 9.88. The number of aromatic nitrogens is 1. The van der Waals surface area contributed by atoms with Gasteiger partial charge in [-0.3, -0.25) is 4.98 Å². The summed E-state index contributed by atoms with van der Waals surface area (Å²) in [4.78, 5) is 4.19. The summed E-state index contributed by atoms with van der Waals surface area (Å²) in [6.45, 7) is 0.946. The number of nitrogens with zero attached hydrogens (tertiary/aromatic N) is 1. The van der Waals surface area contributed by atoms with Crippen molar-refractivity contribution in [2.24, 2.45) is 0 Å². The highest BCUT2D eigenvalue weighted by atomic mass is 16.5. The first-order chi connectivity index (χ1) is 11.8. The third-order valence-electron chi connectivity index (χ3n) is 4.70. The number of hydrogen-bond acceptors (Lipinski definition) is 4. The molecule has 1 aromatic heterocycles. The molecule has 0 amide bonds. The number of methoxy groups -OCH3 is 2. The van der Waals surface area contributed by atoms with Crippen molar-refractivity contribution in [1.29, 1.82) is 0 Å². The molecule has 0 spiro atoms. The van der Waals surface area contributed by atoms with Gasteiger partial charge in [0.1, 0.15) is 0 Å². The highest BCUT2D eigenvalue weighted by Crippen LogP contribution is 2.37. The minimum absolute atomic E-state index is 0.158. The second-order valence-corrected chi connectivity index (χ2v) is 6.03. The van der Waals surface area contributed by atoms with Gasteiger partial charge in [0, 0.05) is 24.3 Å². The molecule has 4 nitrogen and oxygen atoms in total. The summed E-state index contributed by atoms with van der Waals surface area (Å²) in [7, 11) is 3.36. The van der Waals surface area contributed by atoms with Crippen LogP contribution in [0.15, 0.2) is 48.8 Å². The molecular formula is C20H20N2O2. The maximum absolute atomic E-state index is 5.50. The minimum Gasteiger partial charge on any atom is -0.493 e. The Morgan fingerprint density at radius 3 is 2.67 bits per heavy atom. The quantitative estimate of drug-likeness (QED) is 0.802. The molecule has 0 bridgehead atoms. The zero-order valence-corrected chi connectivity index (χ0v) is 13.9. The summed E-state index contributed by atoms with van der Waals surface area (Å²) < 4.78 is 10.9. The lowest BCUT2D eigenvalue weighted by molar-refractivity contribution is 0.353. The van der Waals surface area contributed by atoms with E-state index in [1.165, 1.54) is 22.1 Å². The molecule has 122 valence electrons. The molecule has 0 fully saturated rings. The average Bonchev–Trinajstić information content (AvgIpc) is 2.65. The van der Waals surface area contributed by atoms with E-state index < -0.39 is 0 Å². The van der Waals surface area contributed by atoms with Crippen molar-refractivity contribution >= 4 is 10.8 Å². The smallest absolute Gasteiger partial charge is 0.161 e. The summed E-state index contributed by atoms with van der Waals surface area (Å²) in [5.41, 5.74) is 3.82. The third-order valence-corrected chi connectivity index (χ3v) is 4.70. The molecule has 2 aromatic carbocycles. The van der Waals surface area contributed by atoms with E-state index in [1.54, 1.807) is 14.2 Å². The van der Waals surface area contributed by atoms with Crippen LogP contribution in [-0.4, -0.2) is 25.7 Å². The van der Waals surface area contributed by atoms with Crippen LogP contribution in [0.2, 0.25) is 0 Å². The lowest BCUT2D eigenvalue weighted by Crippen LogP contribution is -2.30. The Balaban J connectivity index is 1.82. The van der Waals surface area contributed by atoms with Crippen LogP contribution >= 0.6 is 0 Å². The van der Waals surface area contributed by atoms with Gasteiger partial charge in [0.15, 0.2) is 11.5 Å². The van der Waals surface area contributed by atoms with E-state index in [2.05, 4.69) is 46.7 Å². The van der Waals surface area contributed by atoms with E-state index in [4.69, 9.17) is 9.47 Å². The van der Waals surface area contributed by atoms with Gasteiger partial charge >= 0.3 is 0 Å². The zero-order valence-electron chi connectivity index (χ0n) is 13.9. The fourth-order valence-electron chi connectivity index (χ4n) is 3.46. The Kier molecular flexibility index (Phi) is 3.82. The summed E-state index contributed by atoms with van der Waals surface area (Å²) in [6, 6.07) is 13.0. The Morgan fingerprint density at radius 2 is 1.83 bits per heavy atom. The van der Waals surface area contributed by atoms with E-state index in [0.29, 0.717) is 0 Å². The third kappa shape index (κ3) is 2.49. The number of pyridine rings is 1. The summed E-state index contributed by atoms with van der Waals surface area (Å²) in [5, 5.41) is 6.00. The van der Waals surface area contributed by atoms with Crippen molar-refractivity contribution in [1.82, 2.24) is 10.3 Å². The summed E-state index contributed by atoms with van der Waals surface area (Å²) >= 11 is 0. The second-order valence-electron chi connectivity index (χ2n) is 6.03. The van der Waals surface area contributed by atoms with Gasteiger partial charge in [-0.05, 0) is 52.8 Å². The Labute approximate surface area is 141 Å². The highest BCUT2D eigenvalue weighted by molar-refractivity contribution is 5.82. The van der Waals surface area contributed by atoms with Gasteiger partial charge in [0.2, 0.25) is 0 Å². The van der Waals surface area contributed by atoms with Gasteiger partial charge in [0.05, 0.1) is 20.3 Å². The van der Waals surface area contributed by atoms with Crippen LogP contribution in [-0.2, 0) is 6.42 Å². The first-order valence-corrected chi connectivity index (χ1v) is 8.12. The molecule has 1 atom stereocenters. The number of nitrogens with one attached hydrogen (secondary N) is 1. The molecule has 0 saturated heterocycles. The maximum Gasteiger partial charge on any atom is 0.161 e. The average molecular weight is 320 g/mol. The van der Waals surface area contributed by atoms with Gasteiger partial charge in [-0.1, -0.05) is 12.1 Å². The summed E-state index contributed by atoms with van der Waals surface area (Å²) in [6.07, 6.45) is 4.72. The van der Waals surface area contributed by atoms with Crippen LogP contribution in [0.25, 0.3) is 10.8 Å². The van der Waals surface area contributed by atoms with Crippen LogP contribution in [0, 0.1) is 0 Å². The summed E-state index contributed by atoms with van der Waals surface area (Å²) in [5.74, 6) is 1.57. The fraction of sp³-hybridized carbons (Fsp3) is 0.250. The lowest BCUT2D eigenvalue weighted by Gasteiger charge is -2.28. The van der Waals surface area contributed by atoms with Gasteiger partial charge in [-0.25, -0.2) is 0 Å². The molecule has 1 unspecified atom stereocenters. The molecule has 4 rings (SSSR count). The van der Waals surface area contributed by atoms with E-state index in [1.807, 2.05) is 12.4 Å². The number of rotatable bonds is 3. The molecule has 0 saturated carbocycles. The van der Waals surface area contributed by atoms with Crippen LogP contribution in [0.1, 0.15) is 22.7 Å². The van der Waals surface area contributed by atoms with Gasteiger partial charge in [-0.15, -0.1) is 0 Å². The topological polar surface area (TPSA) is 43.4 Å². The fourth-order valence-corrected chi connectivity index (χ4v) is 3.46. The molecule has 1 aliphatic rings. The molecule has 3 aromatic rings. The number of fused-ring (bicyclic) bond motifs is 2. The van der Waals surface area contributed by atoms with Gasteiger partial charge in [0.25, 0.3) is 0 Å². The minimum atomic E-state index is 0.158. The monoisotopic (exact) mass is 320 g/mol. The van der Waals surface area contributed by atoms with E-state index in [0.717, 1.165) is 29.9 Å². The molecule has 2 heterocycles. The van der Waals surface area contributed by atoms with Crippen molar-refractivity contribution < 1.29 is 9.47 Å². The van der Waals surface area contributed by atoms with Crippen molar-refractivity contribution in [2.45, 2.75) is 12.5 Å². The standard InChI is InChI=1S/C20H20N2O2/c1-23-18-10-14-6-8-22-20(17(14)11-19(18)24-2)15-3-4-16-12-21-7-5-13(16)9-15/h3-5,7,9-12,20,22H,6,8H2,1-2H3. The molecular weight excluding hydrogens is 300 g/mol. The Morgan fingerprint density at radius 1 is 1.00 bits per heavy atom. The molecule has 4 heteroatoms. The van der Waals surface area contributed by atoms with Gasteiger partial charge < -0.3 is 14.8 Å². The van der Waals surface area contributed by atoms with Crippen LogP contribution in [0.4, 0.5) is 0 Å². The molecule has 0 aliphatic carbocycles. The second kappa shape index (κ2) is 6.13. The number of ether oxygens (including phenoxy) is 2. The first-order valence-electron chi connectivity index (χ1n) is 8.12. The molecule has 24 heavy (non-hydrogen) atoms. The Bertz CT molecular complexity index is 892. The number of hydrogen-bond donors (Lipinski definition) is 1. The van der Waals surface area contributed by atoms with Crippen molar-refractivity contribution in [3.8, 4) is 11.5 Å². The van der Waals surface area contributed by atoms with Crippen molar-refractivity contribution in [2.75, 3.05) is 20.8 Å². The van der Waals surface area contributed by atoms with E-state index >= 15 is 0 Å². The van der Waals surface area contributed by atoms with Gasteiger partial charge in [-0.2, -0.15) is 0 Å². The predicted molar refractivity (Wildman–Crippen MR) is 94.8 cm³/mol. The molecule has 0 radical (unpaired) electrons. The van der Waals surface area contributed by atoms with Crippen LogP contribution in [0.5, 0.6) is 11.5 Å². The zero-order chi connectivity index (χ0) is 16.5. The van der Waals surface area contributed by atoms with E-state index in [9.17, 15) is 0 Å². The normalized spacial score (nSPS) is 16.7. The molecule has 1 N–H and O–H groups in total. The van der Waals surface area contributed by atoms with E-state index in [-0.39, 0.29) is 6.04 Å². The molecule has 1 aliphatic heterocycles. The highest BCUT2D eigenvalue weighted by Gasteiger charge is 2.24.